The van der Waals surface area contributed by atoms with E-state index in [0.717, 1.165) is 10.9 Å². The summed E-state index contributed by atoms with van der Waals surface area (Å²) < 4.78 is 5.53. The smallest absolute Gasteiger partial charge is 0.289 e. The van der Waals surface area contributed by atoms with E-state index < -0.39 is 0 Å². The quantitative estimate of drug-likeness (QED) is 0.631. The first-order valence-corrected chi connectivity index (χ1v) is 7.96. The van der Waals surface area contributed by atoms with Gasteiger partial charge in [-0.25, -0.2) is 0 Å². The lowest BCUT2D eigenvalue weighted by molar-refractivity contribution is 0.0752. The summed E-state index contributed by atoms with van der Waals surface area (Å²) in [5, 5.41) is 2.08. The minimum Gasteiger partial charge on any atom is -0.454 e. The van der Waals surface area contributed by atoms with Gasteiger partial charge in [0.15, 0.2) is 5.76 Å². The van der Waals surface area contributed by atoms with Gasteiger partial charge in [0.25, 0.3) is 5.91 Å². The van der Waals surface area contributed by atoms with Crippen LogP contribution >= 0.6 is 11.6 Å². The monoisotopic (exact) mass is 327 g/mol. The van der Waals surface area contributed by atoms with Crippen LogP contribution in [0.5, 0.6) is 0 Å². The minimum absolute atomic E-state index is 0.151. The van der Waals surface area contributed by atoms with Crippen LogP contribution in [-0.2, 0) is 6.54 Å². The number of fused-ring (bicyclic) bond motifs is 1. The van der Waals surface area contributed by atoms with E-state index in [-0.39, 0.29) is 11.3 Å². The van der Waals surface area contributed by atoms with Crippen LogP contribution in [0.1, 0.15) is 34.2 Å². The molecule has 0 radical (unpaired) electrons. The maximum atomic E-state index is 12.5. The molecule has 0 saturated heterocycles. The predicted molar refractivity (Wildman–Crippen MR) is 92.7 cm³/mol. The van der Waals surface area contributed by atoms with Gasteiger partial charge in [-0.05, 0) is 35.4 Å². The Morgan fingerprint density at radius 2 is 1.87 bits per heavy atom. The Hall–Kier alpha value is -2.26. The molecule has 0 aliphatic carbocycles. The van der Waals surface area contributed by atoms with Gasteiger partial charge in [0.1, 0.15) is 5.76 Å². The Bertz CT molecular complexity index is 833. The Balaban J connectivity index is 1.82. The van der Waals surface area contributed by atoms with E-state index in [1.807, 2.05) is 31.2 Å². The van der Waals surface area contributed by atoms with Crippen molar-refractivity contribution < 1.29 is 9.21 Å². The lowest BCUT2D eigenvalue weighted by Crippen LogP contribution is -2.25. The van der Waals surface area contributed by atoms with E-state index in [0.29, 0.717) is 18.1 Å². The van der Waals surface area contributed by atoms with Gasteiger partial charge in [-0.15, -0.1) is 11.6 Å². The zero-order valence-corrected chi connectivity index (χ0v) is 13.9. The molecule has 1 aromatic heterocycles. The molecule has 0 spiro atoms. The molecule has 0 bridgehead atoms. The fraction of sp³-hybridized carbons (Fsp3) is 0.211. The van der Waals surface area contributed by atoms with Gasteiger partial charge in [-0.2, -0.15) is 0 Å². The second-order valence-corrected chi connectivity index (χ2v) is 6.27. The zero-order valence-electron chi connectivity index (χ0n) is 13.1. The van der Waals surface area contributed by atoms with Gasteiger partial charge < -0.3 is 9.32 Å². The predicted octanol–water partition coefficient (Wildman–Crippen LogP) is 5.00. The fourth-order valence-electron chi connectivity index (χ4n) is 2.63. The Kier molecular flexibility index (Phi) is 4.39. The molecule has 23 heavy (non-hydrogen) atoms. The number of nitrogens with zero attached hydrogens (tertiary/aromatic N) is 1. The number of furan rings is 1. The van der Waals surface area contributed by atoms with Gasteiger partial charge in [-0.3, -0.25) is 4.79 Å². The molecule has 0 aliphatic rings. The molecular weight excluding hydrogens is 310 g/mol. The molecule has 0 saturated carbocycles. The van der Waals surface area contributed by atoms with Crippen LogP contribution in [0, 0.1) is 0 Å². The molecule has 4 heteroatoms. The minimum atomic E-state index is -0.250. The van der Waals surface area contributed by atoms with Crippen molar-refractivity contribution in [1.29, 1.82) is 0 Å². The van der Waals surface area contributed by atoms with E-state index in [2.05, 4.69) is 18.2 Å². The van der Waals surface area contributed by atoms with Crippen LogP contribution in [0.15, 0.2) is 59.0 Å². The summed E-state index contributed by atoms with van der Waals surface area (Å²) in [5.41, 5.74) is 1.11. The number of carbonyl (C=O) groups excluding carboxylic acids is 1. The Morgan fingerprint density at radius 1 is 1.13 bits per heavy atom. The topological polar surface area (TPSA) is 33.5 Å². The molecule has 3 nitrogen and oxygen atoms in total. The lowest BCUT2D eigenvalue weighted by Gasteiger charge is -2.17. The van der Waals surface area contributed by atoms with E-state index in [9.17, 15) is 4.79 Å². The standard InChI is InChI=1S/C19H18ClNO2/c1-13(20)17-10-11-18(23-17)19(22)21(2)12-15-8-5-7-14-6-3-4-9-16(14)15/h3-11,13H,12H2,1-2H3. The molecular formula is C19H18ClNO2. The van der Waals surface area contributed by atoms with Crippen LogP contribution in [0.2, 0.25) is 0 Å². The number of alkyl halides is 1. The maximum Gasteiger partial charge on any atom is 0.289 e. The maximum absolute atomic E-state index is 12.5. The third-order valence-corrected chi connectivity index (χ3v) is 4.08. The SMILES string of the molecule is CC(Cl)c1ccc(C(=O)N(C)Cc2cccc3ccccc23)o1. The zero-order chi connectivity index (χ0) is 16.4. The van der Waals surface area contributed by atoms with Gasteiger partial charge >= 0.3 is 0 Å². The van der Waals surface area contributed by atoms with Gasteiger partial charge in [0, 0.05) is 13.6 Å². The fourth-order valence-corrected chi connectivity index (χ4v) is 2.74. The number of hydrogen-bond donors (Lipinski definition) is 0. The van der Waals surface area contributed by atoms with E-state index in [4.69, 9.17) is 16.0 Å². The molecule has 3 aromatic rings. The molecule has 2 aromatic carbocycles. The molecule has 0 fully saturated rings. The average molecular weight is 328 g/mol. The van der Waals surface area contributed by atoms with Crippen molar-refractivity contribution in [2.45, 2.75) is 18.8 Å². The first-order valence-electron chi connectivity index (χ1n) is 7.52. The molecule has 0 N–H and O–H groups in total. The number of benzene rings is 2. The van der Waals surface area contributed by atoms with E-state index in [1.54, 1.807) is 24.1 Å². The van der Waals surface area contributed by atoms with Crippen molar-refractivity contribution >= 4 is 28.3 Å². The van der Waals surface area contributed by atoms with Crippen molar-refractivity contribution in [2.24, 2.45) is 0 Å². The lowest BCUT2D eigenvalue weighted by atomic mass is 10.0. The second-order valence-electron chi connectivity index (χ2n) is 5.62. The van der Waals surface area contributed by atoms with Crippen LogP contribution in [-0.4, -0.2) is 17.9 Å². The number of hydrogen-bond acceptors (Lipinski definition) is 2. The van der Waals surface area contributed by atoms with Crippen LogP contribution in [0.25, 0.3) is 10.8 Å². The van der Waals surface area contributed by atoms with Gasteiger partial charge in [0.2, 0.25) is 0 Å². The molecule has 1 heterocycles. The van der Waals surface area contributed by atoms with E-state index >= 15 is 0 Å². The summed E-state index contributed by atoms with van der Waals surface area (Å²) in [5.74, 6) is 0.769. The van der Waals surface area contributed by atoms with Crippen molar-refractivity contribution in [3.63, 3.8) is 0 Å². The molecule has 3 rings (SSSR count). The van der Waals surface area contributed by atoms with Crippen molar-refractivity contribution in [2.75, 3.05) is 7.05 Å². The van der Waals surface area contributed by atoms with Gasteiger partial charge in [0.05, 0.1) is 5.38 Å². The highest BCUT2D eigenvalue weighted by molar-refractivity contribution is 6.20. The first-order chi connectivity index (χ1) is 11.1. The first kappa shape index (κ1) is 15.6. The Morgan fingerprint density at radius 3 is 2.61 bits per heavy atom. The normalized spacial score (nSPS) is 12.3. The summed E-state index contributed by atoms with van der Waals surface area (Å²) in [4.78, 5) is 14.2. The van der Waals surface area contributed by atoms with Crippen LogP contribution < -0.4 is 0 Å². The summed E-state index contributed by atoms with van der Waals surface area (Å²) in [6.07, 6.45) is 0. The molecule has 118 valence electrons. The molecule has 1 amide bonds. The van der Waals surface area contributed by atoms with Crippen molar-refractivity contribution in [1.82, 2.24) is 4.90 Å². The number of carbonyl (C=O) groups is 1. The largest absolute Gasteiger partial charge is 0.454 e. The highest BCUT2D eigenvalue weighted by Crippen LogP contribution is 2.23. The highest BCUT2D eigenvalue weighted by atomic mass is 35.5. The summed E-state index contributed by atoms with van der Waals surface area (Å²) in [7, 11) is 1.77. The highest BCUT2D eigenvalue weighted by Gasteiger charge is 2.18. The van der Waals surface area contributed by atoms with E-state index in [1.165, 1.54) is 5.39 Å². The number of amides is 1. The molecule has 1 unspecified atom stereocenters. The summed E-state index contributed by atoms with van der Waals surface area (Å²) in [6, 6.07) is 17.7. The Labute approximate surface area is 140 Å². The van der Waals surface area contributed by atoms with Crippen molar-refractivity contribution in [3.8, 4) is 0 Å². The number of halogens is 1. The summed E-state index contributed by atoms with van der Waals surface area (Å²) >= 11 is 5.98. The number of rotatable bonds is 4. The average Bonchev–Trinajstić information content (AvgIpc) is 3.04. The van der Waals surface area contributed by atoms with Crippen LogP contribution in [0.3, 0.4) is 0 Å². The summed E-state index contributed by atoms with van der Waals surface area (Å²) in [6.45, 7) is 2.33. The van der Waals surface area contributed by atoms with Crippen LogP contribution in [0.4, 0.5) is 0 Å². The van der Waals surface area contributed by atoms with Gasteiger partial charge in [-0.1, -0.05) is 42.5 Å². The third-order valence-electron chi connectivity index (χ3n) is 3.86. The molecule has 0 aliphatic heterocycles. The molecule has 1 atom stereocenters. The third kappa shape index (κ3) is 3.25. The second kappa shape index (κ2) is 6.47. The van der Waals surface area contributed by atoms with Crippen molar-refractivity contribution in [3.05, 3.63) is 71.7 Å².